The number of nitrogens with one attached hydrogen (secondary N) is 1. The van der Waals surface area contributed by atoms with E-state index in [0.29, 0.717) is 24.2 Å². The zero-order chi connectivity index (χ0) is 21.2. The Morgan fingerprint density at radius 3 is 2.66 bits per heavy atom. The minimum absolute atomic E-state index is 0.198. The molecule has 1 heterocycles. The number of aliphatic carboxylic acids is 1. The predicted molar refractivity (Wildman–Crippen MR) is 103 cm³/mol. The van der Waals surface area contributed by atoms with Crippen LogP contribution in [0.25, 0.3) is 11.4 Å². The summed E-state index contributed by atoms with van der Waals surface area (Å²) >= 11 is 0. The molecule has 10 heteroatoms. The molecule has 8 nitrogen and oxygen atoms in total. The topological polar surface area (TPSA) is 118 Å². The number of ether oxygens (including phenoxy) is 1. The predicted octanol–water partition coefficient (Wildman–Crippen LogP) is 2.01. The fraction of sp³-hybridized carbons (Fsp3) is 0.421. The Kier molecular flexibility index (Phi) is 5.85. The normalized spacial score (nSPS) is 21.8. The Labute approximate surface area is 168 Å². The number of carboxylic acids is 1. The van der Waals surface area contributed by atoms with Crippen LogP contribution < -0.4 is 9.46 Å². The van der Waals surface area contributed by atoms with Crippen LogP contribution in [0.3, 0.4) is 0 Å². The van der Waals surface area contributed by atoms with E-state index in [4.69, 9.17) is 4.74 Å². The van der Waals surface area contributed by atoms with Gasteiger partial charge >= 0.3 is 5.97 Å². The van der Waals surface area contributed by atoms with Crippen molar-refractivity contribution in [2.75, 3.05) is 13.4 Å². The van der Waals surface area contributed by atoms with E-state index in [0.717, 1.165) is 24.2 Å². The third kappa shape index (κ3) is 4.88. The average molecular weight is 423 g/mol. The van der Waals surface area contributed by atoms with Crippen LogP contribution in [0.4, 0.5) is 4.39 Å². The Balaban J connectivity index is 1.91. The van der Waals surface area contributed by atoms with E-state index < -0.39 is 33.3 Å². The fourth-order valence-corrected chi connectivity index (χ4v) is 4.65. The number of carboxylic acid groups (broad SMARTS) is 1. The summed E-state index contributed by atoms with van der Waals surface area (Å²) in [5.41, 5.74) is 0.156. The highest BCUT2D eigenvalue weighted by Crippen LogP contribution is 2.42. The van der Waals surface area contributed by atoms with Gasteiger partial charge in [0.2, 0.25) is 10.0 Å². The minimum atomic E-state index is -3.42. The van der Waals surface area contributed by atoms with Crippen molar-refractivity contribution in [2.45, 2.75) is 31.7 Å². The maximum atomic E-state index is 13.2. The summed E-state index contributed by atoms with van der Waals surface area (Å²) in [6, 6.07) is 4.76. The van der Waals surface area contributed by atoms with Gasteiger partial charge in [0.15, 0.2) is 11.6 Å². The molecule has 0 saturated heterocycles. The molecule has 1 aromatic heterocycles. The van der Waals surface area contributed by atoms with Crippen LogP contribution in [0.1, 0.15) is 24.8 Å². The average Bonchev–Trinajstić information content (AvgIpc) is 3.04. The monoisotopic (exact) mass is 423 g/mol. The van der Waals surface area contributed by atoms with Crippen molar-refractivity contribution in [3.63, 3.8) is 0 Å². The van der Waals surface area contributed by atoms with E-state index in [-0.39, 0.29) is 18.7 Å². The molecule has 0 spiro atoms. The van der Waals surface area contributed by atoms with E-state index in [2.05, 4.69) is 14.7 Å². The molecule has 2 aromatic rings. The van der Waals surface area contributed by atoms with Gasteiger partial charge in [-0.25, -0.2) is 27.5 Å². The third-order valence-corrected chi connectivity index (χ3v) is 5.87. The number of nitrogens with zero attached hydrogens (tertiary/aromatic N) is 2. The molecule has 0 unspecified atom stereocenters. The van der Waals surface area contributed by atoms with Gasteiger partial charge in [-0.15, -0.1) is 0 Å². The highest BCUT2D eigenvalue weighted by atomic mass is 32.2. The van der Waals surface area contributed by atoms with Gasteiger partial charge in [-0.3, -0.25) is 4.79 Å². The van der Waals surface area contributed by atoms with Gasteiger partial charge < -0.3 is 9.84 Å². The molecule has 2 N–H and O–H groups in total. The smallest absolute Gasteiger partial charge is 0.310 e. The molecular weight excluding hydrogens is 401 g/mol. The number of hydrogen-bond donors (Lipinski definition) is 2. The Morgan fingerprint density at radius 1 is 1.38 bits per heavy atom. The SMILES string of the molecule is COc1ccc(C[C@]2(C(=O)O)CC[C@H](NS(C)(=O)=O)C2)cc1-c1ncc(F)cn1. The molecule has 2 atom stereocenters. The van der Waals surface area contributed by atoms with Gasteiger partial charge in [0.25, 0.3) is 0 Å². The number of methoxy groups -OCH3 is 1. The molecule has 0 radical (unpaired) electrons. The first kappa shape index (κ1) is 21.1. The van der Waals surface area contributed by atoms with Crippen LogP contribution in [0.2, 0.25) is 0 Å². The van der Waals surface area contributed by atoms with Crippen LogP contribution in [0, 0.1) is 11.2 Å². The molecule has 1 saturated carbocycles. The second-order valence-corrected chi connectivity index (χ2v) is 9.13. The number of benzene rings is 1. The van der Waals surface area contributed by atoms with Gasteiger partial charge in [0.1, 0.15) is 5.75 Å². The first-order valence-electron chi connectivity index (χ1n) is 8.97. The van der Waals surface area contributed by atoms with E-state index >= 15 is 0 Å². The van der Waals surface area contributed by atoms with Crippen LogP contribution in [-0.2, 0) is 21.2 Å². The maximum Gasteiger partial charge on any atom is 0.310 e. The lowest BCUT2D eigenvalue weighted by Gasteiger charge is -2.25. The molecule has 1 aliphatic carbocycles. The lowest BCUT2D eigenvalue weighted by atomic mass is 9.79. The number of aromatic nitrogens is 2. The van der Waals surface area contributed by atoms with Crippen molar-refractivity contribution < 1.29 is 27.4 Å². The largest absolute Gasteiger partial charge is 0.496 e. The lowest BCUT2D eigenvalue weighted by Crippen LogP contribution is -2.36. The Bertz CT molecular complexity index is 1010. The quantitative estimate of drug-likeness (QED) is 0.699. The number of carbonyl (C=O) groups is 1. The van der Waals surface area contributed by atoms with Gasteiger partial charge in [-0.1, -0.05) is 6.07 Å². The molecule has 1 aliphatic rings. The molecule has 156 valence electrons. The highest BCUT2D eigenvalue weighted by molar-refractivity contribution is 7.88. The van der Waals surface area contributed by atoms with Crippen LogP contribution in [0.5, 0.6) is 5.75 Å². The standard InChI is InChI=1S/C19H22FN3O5S/c1-28-16-4-3-12(7-15(16)17-21-10-13(20)11-22-17)8-19(18(24)25)6-5-14(9-19)23-29(2,26)27/h3-4,7,10-11,14,23H,5-6,8-9H2,1-2H3,(H,24,25)/t14-,19+/m0/s1. The minimum Gasteiger partial charge on any atom is -0.496 e. The third-order valence-electron chi connectivity index (χ3n) is 5.11. The van der Waals surface area contributed by atoms with E-state index in [1.807, 2.05) is 0 Å². The van der Waals surface area contributed by atoms with Gasteiger partial charge in [-0.05, 0) is 43.4 Å². The number of rotatable bonds is 7. The van der Waals surface area contributed by atoms with Crippen molar-refractivity contribution in [3.8, 4) is 17.1 Å². The lowest BCUT2D eigenvalue weighted by molar-refractivity contribution is -0.148. The van der Waals surface area contributed by atoms with Crippen LogP contribution in [-0.4, -0.2) is 48.9 Å². The summed E-state index contributed by atoms with van der Waals surface area (Å²) < 4.78 is 44.0. The number of sulfonamides is 1. The van der Waals surface area contributed by atoms with Crippen molar-refractivity contribution in [1.82, 2.24) is 14.7 Å². The van der Waals surface area contributed by atoms with Crippen molar-refractivity contribution in [1.29, 1.82) is 0 Å². The van der Waals surface area contributed by atoms with Crippen LogP contribution >= 0.6 is 0 Å². The molecule has 3 rings (SSSR count). The molecule has 0 aliphatic heterocycles. The zero-order valence-corrected chi connectivity index (χ0v) is 16.9. The first-order chi connectivity index (χ1) is 13.6. The molecule has 0 bridgehead atoms. The molecule has 29 heavy (non-hydrogen) atoms. The second-order valence-electron chi connectivity index (χ2n) is 7.35. The number of hydrogen-bond acceptors (Lipinski definition) is 6. The van der Waals surface area contributed by atoms with Crippen molar-refractivity contribution in [3.05, 3.63) is 42.0 Å². The van der Waals surface area contributed by atoms with E-state index in [1.165, 1.54) is 7.11 Å². The summed E-state index contributed by atoms with van der Waals surface area (Å²) in [4.78, 5) is 20.0. The van der Waals surface area contributed by atoms with Crippen molar-refractivity contribution >= 4 is 16.0 Å². The molecule has 0 amide bonds. The van der Waals surface area contributed by atoms with Crippen molar-refractivity contribution in [2.24, 2.45) is 5.41 Å². The van der Waals surface area contributed by atoms with E-state index in [9.17, 15) is 22.7 Å². The zero-order valence-electron chi connectivity index (χ0n) is 16.1. The summed E-state index contributed by atoms with van der Waals surface area (Å²) in [6.07, 6.45) is 4.36. The van der Waals surface area contributed by atoms with Crippen LogP contribution in [0.15, 0.2) is 30.6 Å². The fourth-order valence-electron chi connectivity index (χ4n) is 3.84. The summed E-state index contributed by atoms with van der Waals surface area (Å²) in [5, 5.41) is 9.89. The molecular formula is C19H22FN3O5S. The maximum absolute atomic E-state index is 13.2. The molecule has 1 aromatic carbocycles. The van der Waals surface area contributed by atoms with Gasteiger partial charge in [0.05, 0.1) is 36.7 Å². The van der Waals surface area contributed by atoms with Gasteiger partial charge in [0, 0.05) is 6.04 Å². The summed E-state index contributed by atoms with van der Waals surface area (Å²) in [7, 11) is -1.93. The van der Waals surface area contributed by atoms with E-state index in [1.54, 1.807) is 18.2 Å². The van der Waals surface area contributed by atoms with Gasteiger partial charge in [-0.2, -0.15) is 0 Å². The first-order valence-corrected chi connectivity index (χ1v) is 10.9. The number of halogens is 1. The Hall–Kier alpha value is -2.59. The molecule has 1 fully saturated rings. The summed E-state index contributed by atoms with van der Waals surface area (Å²) in [6.45, 7) is 0. The second kappa shape index (κ2) is 8.03. The Morgan fingerprint density at radius 2 is 2.07 bits per heavy atom. The highest BCUT2D eigenvalue weighted by Gasteiger charge is 2.46. The summed E-state index contributed by atoms with van der Waals surface area (Å²) in [5.74, 6) is -0.792.